The van der Waals surface area contributed by atoms with Gasteiger partial charge in [-0.1, -0.05) is 19.1 Å². The molecule has 1 amide bonds. The number of hydrogen-bond donors (Lipinski definition) is 2. The van der Waals surface area contributed by atoms with Gasteiger partial charge in [-0.15, -0.1) is 0 Å². The van der Waals surface area contributed by atoms with Crippen molar-refractivity contribution in [2.24, 2.45) is 0 Å². The molecule has 0 saturated carbocycles. The van der Waals surface area contributed by atoms with Crippen LogP contribution in [0.1, 0.15) is 23.0 Å². The van der Waals surface area contributed by atoms with Crippen molar-refractivity contribution in [1.29, 1.82) is 0 Å². The molecule has 0 bridgehead atoms. The first-order valence-electron chi connectivity index (χ1n) is 8.85. The molecule has 7 nitrogen and oxygen atoms in total. The molecule has 0 fully saturated rings. The first kappa shape index (κ1) is 19.2. The monoisotopic (exact) mass is 378 g/mol. The van der Waals surface area contributed by atoms with Crippen molar-refractivity contribution >= 4 is 23.2 Å². The summed E-state index contributed by atoms with van der Waals surface area (Å²) in [4.78, 5) is 21.0. The number of anilines is 3. The lowest BCUT2D eigenvalue weighted by Crippen LogP contribution is -2.14. The third kappa shape index (κ3) is 4.56. The van der Waals surface area contributed by atoms with Gasteiger partial charge in [-0.25, -0.2) is 9.97 Å². The summed E-state index contributed by atoms with van der Waals surface area (Å²) in [5.74, 6) is 1.23. The predicted octanol–water partition coefficient (Wildman–Crippen LogP) is 4.05. The van der Waals surface area contributed by atoms with E-state index in [1.807, 2.05) is 24.3 Å². The van der Waals surface area contributed by atoms with Crippen molar-refractivity contribution in [2.75, 3.05) is 24.9 Å². The van der Waals surface area contributed by atoms with Gasteiger partial charge >= 0.3 is 0 Å². The first-order chi connectivity index (χ1) is 13.6. The van der Waals surface area contributed by atoms with Crippen LogP contribution in [0.3, 0.4) is 0 Å². The Balaban J connectivity index is 1.77. The topological polar surface area (TPSA) is 85.4 Å². The molecule has 2 aromatic carbocycles. The maximum atomic E-state index is 12.5. The number of carbonyl (C=O) groups is 1. The van der Waals surface area contributed by atoms with Gasteiger partial charge in [0.15, 0.2) is 0 Å². The summed E-state index contributed by atoms with van der Waals surface area (Å²) in [6.45, 7) is 2.08. The zero-order chi connectivity index (χ0) is 19.9. The number of nitrogens with zero attached hydrogens (tertiary/aromatic N) is 2. The Morgan fingerprint density at radius 1 is 1.04 bits per heavy atom. The van der Waals surface area contributed by atoms with Crippen LogP contribution in [0.5, 0.6) is 11.5 Å². The second-order valence-electron chi connectivity index (χ2n) is 5.96. The molecule has 0 spiro atoms. The summed E-state index contributed by atoms with van der Waals surface area (Å²) < 4.78 is 10.6. The first-order valence-corrected chi connectivity index (χ1v) is 8.85. The maximum absolute atomic E-state index is 12.5. The molecule has 0 aliphatic rings. The third-order valence-corrected chi connectivity index (χ3v) is 4.16. The average molecular weight is 378 g/mol. The highest BCUT2D eigenvalue weighted by Crippen LogP contribution is 2.30. The van der Waals surface area contributed by atoms with Gasteiger partial charge in [0, 0.05) is 18.0 Å². The fourth-order valence-corrected chi connectivity index (χ4v) is 2.60. The number of rotatable bonds is 7. The van der Waals surface area contributed by atoms with E-state index >= 15 is 0 Å². The molecular formula is C21H22N4O3. The molecule has 2 N–H and O–H groups in total. The minimum absolute atomic E-state index is 0.249. The fourth-order valence-electron chi connectivity index (χ4n) is 2.60. The van der Waals surface area contributed by atoms with Crippen LogP contribution in [-0.4, -0.2) is 30.1 Å². The fraction of sp³-hybridized carbons (Fsp3) is 0.190. The van der Waals surface area contributed by atoms with E-state index in [0.29, 0.717) is 22.9 Å². The zero-order valence-electron chi connectivity index (χ0n) is 16.0. The zero-order valence-corrected chi connectivity index (χ0v) is 16.0. The van der Waals surface area contributed by atoms with Crippen molar-refractivity contribution < 1.29 is 14.3 Å². The number of nitrogens with one attached hydrogen (secondary N) is 2. The highest BCUT2D eigenvalue weighted by Gasteiger charge is 2.11. The number of aryl methyl sites for hydroxylation is 1. The number of amides is 1. The van der Waals surface area contributed by atoms with Crippen molar-refractivity contribution in [3.63, 3.8) is 0 Å². The molecule has 1 heterocycles. The average Bonchev–Trinajstić information content (AvgIpc) is 2.74. The summed E-state index contributed by atoms with van der Waals surface area (Å²) in [7, 11) is 3.15. The molecule has 7 heteroatoms. The van der Waals surface area contributed by atoms with Crippen molar-refractivity contribution in [3.8, 4) is 11.5 Å². The largest absolute Gasteiger partial charge is 0.497 e. The van der Waals surface area contributed by atoms with Gasteiger partial charge in [0.25, 0.3) is 5.91 Å². The van der Waals surface area contributed by atoms with Crippen molar-refractivity contribution in [3.05, 3.63) is 66.0 Å². The molecular weight excluding hydrogens is 356 g/mol. The lowest BCUT2D eigenvalue weighted by molar-refractivity contribution is 0.102. The van der Waals surface area contributed by atoms with Crippen LogP contribution >= 0.6 is 0 Å². The van der Waals surface area contributed by atoms with Crippen LogP contribution < -0.4 is 20.1 Å². The molecule has 0 radical (unpaired) electrons. The summed E-state index contributed by atoms with van der Waals surface area (Å²) in [5, 5.41) is 5.90. The molecule has 0 saturated heterocycles. The number of benzene rings is 2. The highest BCUT2D eigenvalue weighted by atomic mass is 16.5. The Morgan fingerprint density at radius 3 is 2.50 bits per heavy atom. The highest BCUT2D eigenvalue weighted by molar-refractivity contribution is 6.03. The van der Waals surface area contributed by atoms with Crippen molar-refractivity contribution in [2.45, 2.75) is 13.3 Å². The van der Waals surface area contributed by atoms with E-state index in [-0.39, 0.29) is 17.5 Å². The van der Waals surface area contributed by atoms with Gasteiger partial charge in [-0.3, -0.25) is 4.79 Å². The van der Waals surface area contributed by atoms with Crippen LogP contribution in [0.25, 0.3) is 0 Å². The van der Waals surface area contributed by atoms with Crippen LogP contribution in [0.4, 0.5) is 17.3 Å². The molecule has 144 valence electrons. The van der Waals surface area contributed by atoms with E-state index in [4.69, 9.17) is 9.47 Å². The Labute approximate surface area is 163 Å². The second kappa shape index (κ2) is 8.85. The summed E-state index contributed by atoms with van der Waals surface area (Å²) in [6, 6.07) is 14.6. The van der Waals surface area contributed by atoms with E-state index in [0.717, 1.165) is 6.42 Å². The number of hydrogen-bond acceptors (Lipinski definition) is 6. The Bertz CT molecular complexity index is 958. The molecule has 3 aromatic rings. The molecule has 1 aromatic heterocycles. The third-order valence-electron chi connectivity index (χ3n) is 4.16. The van der Waals surface area contributed by atoms with Gasteiger partial charge in [0.1, 0.15) is 17.2 Å². The quantitative estimate of drug-likeness (QED) is 0.645. The van der Waals surface area contributed by atoms with Gasteiger partial charge < -0.3 is 20.1 Å². The molecule has 0 aliphatic heterocycles. The predicted molar refractivity (Wildman–Crippen MR) is 109 cm³/mol. The van der Waals surface area contributed by atoms with E-state index in [2.05, 4.69) is 27.5 Å². The van der Waals surface area contributed by atoms with Gasteiger partial charge in [-0.05, 0) is 42.3 Å². The van der Waals surface area contributed by atoms with Crippen LogP contribution in [0.2, 0.25) is 0 Å². The Kier molecular flexibility index (Phi) is 6.06. The lowest BCUT2D eigenvalue weighted by Gasteiger charge is -2.12. The van der Waals surface area contributed by atoms with Crippen LogP contribution in [-0.2, 0) is 6.42 Å². The van der Waals surface area contributed by atoms with Crippen molar-refractivity contribution in [1.82, 2.24) is 9.97 Å². The summed E-state index contributed by atoms with van der Waals surface area (Å²) in [6.07, 6.45) is 2.47. The number of aromatic nitrogens is 2. The number of methoxy groups -OCH3 is 2. The van der Waals surface area contributed by atoms with Crippen LogP contribution in [0, 0.1) is 0 Å². The Morgan fingerprint density at radius 2 is 1.82 bits per heavy atom. The van der Waals surface area contributed by atoms with E-state index in [1.54, 1.807) is 38.5 Å². The second-order valence-corrected chi connectivity index (χ2v) is 5.96. The maximum Gasteiger partial charge on any atom is 0.274 e. The molecule has 0 unspecified atom stereocenters. The smallest absolute Gasteiger partial charge is 0.274 e. The molecule has 28 heavy (non-hydrogen) atoms. The normalized spacial score (nSPS) is 10.2. The number of ether oxygens (including phenoxy) is 2. The van der Waals surface area contributed by atoms with Crippen LogP contribution in [0.15, 0.2) is 54.7 Å². The SMILES string of the molecule is CCc1ccc(NC(=O)c2ccnc(Nc3cc(OC)ccc3OC)n2)cc1. The summed E-state index contributed by atoms with van der Waals surface area (Å²) in [5.41, 5.74) is 2.80. The van der Waals surface area contributed by atoms with E-state index < -0.39 is 0 Å². The molecule has 3 rings (SSSR count). The van der Waals surface area contributed by atoms with E-state index in [9.17, 15) is 4.79 Å². The van der Waals surface area contributed by atoms with E-state index in [1.165, 1.54) is 11.8 Å². The van der Waals surface area contributed by atoms with Gasteiger partial charge in [0.05, 0.1) is 19.9 Å². The van der Waals surface area contributed by atoms with Gasteiger partial charge in [-0.2, -0.15) is 0 Å². The minimum Gasteiger partial charge on any atom is -0.497 e. The Hall–Kier alpha value is -3.61. The lowest BCUT2D eigenvalue weighted by atomic mass is 10.1. The molecule has 0 atom stereocenters. The molecule has 0 aliphatic carbocycles. The number of carbonyl (C=O) groups excluding carboxylic acids is 1. The van der Waals surface area contributed by atoms with Gasteiger partial charge in [0.2, 0.25) is 5.95 Å². The summed E-state index contributed by atoms with van der Waals surface area (Å²) >= 11 is 0. The standard InChI is InChI=1S/C21H22N4O3/c1-4-14-5-7-15(8-6-14)23-20(26)17-11-12-22-21(24-17)25-18-13-16(27-2)9-10-19(18)28-3/h5-13H,4H2,1-3H3,(H,23,26)(H,22,24,25). The minimum atomic E-state index is -0.313.